The lowest BCUT2D eigenvalue weighted by molar-refractivity contribution is 0.0747. The van der Waals surface area contributed by atoms with Crippen molar-refractivity contribution in [1.82, 2.24) is 19.8 Å². The molecule has 0 spiro atoms. The third kappa shape index (κ3) is 9.28. The molecule has 1 atom stereocenters. The molecule has 9 nitrogen and oxygen atoms in total. The molecule has 1 aliphatic rings. The Hall–Kier alpha value is -5.03. The second kappa shape index (κ2) is 17.8. The minimum Gasteiger partial charge on any atom is -0.457 e. The highest BCUT2D eigenvalue weighted by atomic mass is 19.1. The molecule has 4 aromatic carbocycles. The van der Waals surface area contributed by atoms with Gasteiger partial charge in [0.1, 0.15) is 23.1 Å². The number of carbonyl (C=O) groups excluding carboxylic acids is 1. The number of aromatic nitrogens is 2. The lowest BCUT2D eigenvalue weighted by atomic mass is 10.1. The number of nitrogens with two attached hydrogens (primary N) is 2. The van der Waals surface area contributed by atoms with Crippen LogP contribution in [0.1, 0.15) is 30.6 Å². The Bertz CT molecular complexity index is 1720. The van der Waals surface area contributed by atoms with Crippen LogP contribution in [0.3, 0.4) is 0 Å². The maximum absolute atomic E-state index is 13.3. The van der Waals surface area contributed by atoms with Gasteiger partial charge in [0, 0.05) is 43.0 Å². The predicted molar refractivity (Wildman–Crippen MR) is 194 cm³/mol. The topological polar surface area (TPSA) is 115 Å². The molecule has 1 aliphatic heterocycles. The molecule has 0 radical (unpaired) electrons. The van der Waals surface area contributed by atoms with Gasteiger partial charge in [-0.15, -0.1) is 13.2 Å². The molecule has 5 aromatic rings. The Morgan fingerprint density at radius 1 is 0.938 bits per heavy atom. The number of hydrogen-bond donors (Lipinski definition) is 3. The van der Waals surface area contributed by atoms with E-state index in [1.807, 2.05) is 89.2 Å². The van der Waals surface area contributed by atoms with Crippen LogP contribution >= 0.6 is 0 Å². The number of piperazine rings is 1. The van der Waals surface area contributed by atoms with Crippen LogP contribution in [0.5, 0.6) is 11.5 Å². The van der Waals surface area contributed by atoms with Crippen LogP contribution in [0.2, 0.25) is 0 Å². The third-order valence-corrected chi connectivity index (χ3v) is 7.74. The van der Waals surface area contributed by atoms with Crippen molar-refractivity contribution >= 4 is 22.6 Å². The summed E-state index contributed by atoms with van der Waals surface area (Å²) in [5.74, 6) is 1.96. The van der Waals surface area contributed by atoms with Crippen molar-refractivity contribution in [1.29, 1.82) is 0 Å². The van der Waals surface area contributed by atoms with E-state index in [1.54, 1.807) is 12.1 Å². The van der Waals surface area contributed by atoms with Crippen molar-refractivity contribution < 1.29 is 13.9 Å². The predicted octanol–water partition coefficient (Wildman–Crippen LogP) is 6.61. The average molecular weight is 652 g/mol. The molecular formula is C38H46FN7O2. The number of benzene rings is 4. The highest BCUT2D eigenvalue weighted by Gasteiger charge is 2.23. The minimum atomic E-state index is -0.253. The zero-order chi connectivity index (χ0) is 34.5. The van der Waals surface area contributed by atoms with Crippen molar-refractivity contribution in [3.63, 3.8) is 0 Å². The van der Waals surface area contributed by atoms with Gasteiger partial charge in [0.2, 0.25) is 0 Å². The van der Waals surface area contributed by atoms with Crippen LogP contribution < -0.4 is 26.4 Å². The molecular weight excluding hydrogens is 605 g/mol. The summed E-state index contributed by atoms with van der Waals surface area (Å²) in [5.41, 5.74) is 15.5. The fourth-order valence-electron chi connectivity index (χ4n) is 5.34. The van der Waals surface area contributed by atoms with Gasteiger partial charge >= 0.3 is 0 Å². The van der Waals surface area contributed by atoms with Gasteiger partial charge in [-0.2, -0.15) is 0 Å². The lowest BCUT2D eigenvalue weighted by Gasteiger charge is -2.36. The molecule has 48 heavy (non-hydrogen) atoms. The van der Waals surface area contributed by atoms with Gasteiger partial charge in [-0.3, -0.25) is 4.79 Å². The summed E-state index contributed by atoms with van der Waals surface area (Å²) in [6.45, 7) is 13.9. The van der Waals surface area contributed by atoms with E-state index in [9.17, 15) is 9.18 Å². The first-order valence-corrected chi connectivity index (χ1v) is 16.2. The zero-order valence-corrected chi connectivity index (χ0v) is 27.8. The number of ether oxygens (including phenoxy) is 1. The monoisotopic (exact) mass is 651 g/mol. The van der Waals surface area contributed by atoms with E-state index >= 15 is 0 Å². The normalized spacial score (nSPS) is 13.2. The molecule has 5 N–H and O–H groups in total. The standard InChI is InChI=1S/C31H28FN5O2.C5H14N2.C2H4/c32-24-9-11-25(12-10-24)35-16-18-36(19-17-35)31(38)23-8-15-29-28(20-23)34-30(37(29)21-33)22-6-13-27(14-7-22)39-26-4-2-1-3-5-26;1-3-4-7-5(2)6;1-2/h1-15,20H,16-19,21,33H2;5,7H,3-4,6H2,1-2H3;1-2H2. The molecule has 252 valence electrons. The SMILES string of the molecule is C=C.CCCNC(C)N.NCn1c(-c2ccc(Oc3ccccc3)cc2)nc2cc(C(=O)N3CCN(c4ccc(F)cc4)CC3)ccc21. The summed E-state index contributed by atoms with van der Waals surface area (Å²) in [7, 11) is 0. The third-order valence-electron chi connectivity index (χ3n) is 7.74. The number of halogens is 1. The van der Waals surface area contributed by atoms with E-state index in [2.05, 4.69) is 30.3 Å². The van der Waals surface area contributed by atoms with Gasteiger partial charge < -0.3 is 35.9 Å². The van der Waals surface area contributed by atoms with Gasteiger partial charge in [0.25, 0.3) is 5.91 Å². The summed E-state index contributed by atoms with van der Waals surface area (Å²) in [5, 5.41) is 3.07. The van der Waals surface area contributed by atoms with E-state index < -0.39 is 0 Å². The lowest BCUT2D eigenvalue weighted by Crippen LogP contribution is -2.48. The first-order chi connectivity index (χ1) is 23.4. The summed E-state index contributed by atoms with van der Waals surface area (Å²) >= 11 is 0. The molecule has 10 heteroatoms. The maximum Gasteiger partial charge on any atom is 0.254 e. The van der Waals surface area contributed by atoms with Gasteiger partial charge in [0.15, 0.2) is 0 Å². The summed E-state index contributed by atoms with van der Waals surface area (Å²) in [4.78, 5) is 22.2. The van der Waals surface area contributed by atoms with Gasteiger partial charge in [-0.25, -0.2) is 9.37 Å². The minimum absolute atomic E-state index is 0.0260. The Kier molecular flexibility index (Phi) is 13.3. The molecule has 0 bridgehead atoms. The zero-order valence-electron chi connectivity index (χ0n) is 27.8. The fourth-order valence-corrected chi connectivity index (χ4v) is 5.34. The van der Waals surface area contributed by atoms with Crippen molar-refractivity contribution in [2.75, 3.05) is 37.6 Å². The molecule has 6 rings (SSSR count). The number of para-hydroxylation sites is 1. The molecule has 1 fully saturated rings. The number of anilines is 1. The second-order valence-electron chi connectivity index (χ2n) is 11.2. The molecule has 1 saturated heterocycles. The van der Waals surface area contributed by atoms with Crippen molar-refractivity contribution in [2.24, 2.45) is 11.5 Å². The molecule has 0 aliphatic carbocycles. The summed E-state index contributed by atoms with van der Waals surface area (Å²) < 4.78 is 21.1. The number of nitrogens with one attached hydrogen (secondary N) is 1. The highest BCUT2D eigenvalue weighted by Crippen LogP contribution is 2.29. The van der Waals surface area contributed by atoms with Crippen LogP contribution in [-0.2, 0) is 6.67 Å². The number of carbonyl (C=O) groups is 1. The maximum atomic E-state index is 13.3. The van der Waals surface area contributed by atoms with Crippen LogP contribution in [0.4, 0.5) is 10.1 Å². The van der Waals surface area contributed by atoms with E-state index in [0.717, 1.165) is 52.6 Å². The number of hydrogen-bond acceptors (Lipinski definition) is 7. The highest BCUT2D eigenvalue weighted by molar-refractivity contribution is 5.98. The van der Waals surface area contributed by atoms with Crippen LogP contribution in [0, 0.1) is 5.82 Å². The number of rotatable bonds is 9. The van der Waals surface area contributed by atoms with Gasteiger partial charge in [-0.05, 0) is 98.8 Å². The van der Waals surface area contributed by atoms with Crippen molar-refractivity contribution in [3.8, 4) is 22.9 Å². The second-order valence-corrected chi connectivity index (χ2v) is 11.2. The Morgan fingerprint density at radius 2 is 1.58 bits per heavy atom. The van der Waals surface area contributed by atoms with Crippen molar-refractivity contribution in [3.05, 3.63) is 122 Å². The fraction of sp³-hybridized carbons (Fsp3) is 0.263. The summed E-state index contributed by atoms with van der Waals surface area (Å²) in [6, 6.07) is 29.4. The first kappa shape index (κ1) is 35.8. The van der Waals surface area contributed by atoms with Gasteiger partial charge in [-0.1, -0.05) is 25.1 Å². The molecule has 1 aromatic heterocycles. The molecule has 1 amide bonds. The smallest absolute Gasteiger partial charge is 0.254 e. The quantitative estimate of drug-likeness (QED) is 0.121. The Morgan fingerprint density at radius 3 is 2.17 bits per heavy atom. The van der Waals surface area contributed by atoms with E-state index in [-0.39, 0.29) is 24.6 Å². The number of imidazole rings is 1. The van der Waals surface area contributed by atoms with E-state index in [1.165, 1.54) is 12.1 Å². The van der Waals surface area contributed by atoms with Gasteiger partial charge in [0.05, 0.1) is 23.9 Å². The van der Waals surface area contributed by atoms with Crippen molar-refractivity contribution in [2.45, 2.75) is 33.1 Å². The first-order valence-electron chi connectivity index (χ1n) is 16.2. The Labute approximate surface area is 282 Å². The average Bonchev–Trinajstić information content (AvgIpc) is 3.50. The summed E-state index contributed by atoms with van der Waals surface area (Å²) in [6.07, 6.45) is 1.31. The largest absolute Gasteiger partial charge is 0.457 e. The number of amides is 1. The van der Waals surface area contributed by atoms with E-state index in [0.29, 0.717) is 31.7 Å². The number of nitrogens with zero attached hydrogens (tertiary/aromatic N) is 4. The van der Waals surface area contributed by atoms with E-state index in [4.69, 9.17) is 21.2 Å². The number of fused-ring (bicyclic) bond motifs is 1. The van der Waals surface area contributed by atoms with Crippen LogP contribution in [-0.4, -0.2) is 59.2 Å². The molecule has 2 heterocycles. The molecule has 0 saturated carbocycles. The van der Waals surface area contributed by atoms with Crippen LogP contribution in [0.15, 0.2) is 110 Å². The Balaban J connectivity index is 0.000000516. The van der Waals surface area contributed by atoms with Crippen LogP contribution in [0.25, 0.3) is 22.4 Å². The molecule has 1 unspecified atom stereocenters.